The molecule has 0 atom stereocenters. The Kier molecular flexibility index (Phi) is 4.66. The largest absolute Gasteiger partial charge is 0.337 e. The highest BCUT2D eigenvalue weighted by molar-refractivity contribution is 5.94. The zero-order valence-electron chi connectivity index (χ0n) is 13.3. The zero-order valence-corrected chi connectivity index (χ0v) is 13.3. The molecule has 0 fully saturated rings. The molecular formula is C20H17FN2O. The maximum atomic E-state index is 13.9. The molecule has 0 saturated carbocycles. The predicted octanol–water partition coefficient (Wildman–Crippen LogP) is 4.16. The summed E-state index contributed by atoms with van der Waals surface area (Å²) in [6.07, 6.45) is 3.07. The molecule has 1 aromatic heterocycles. The standard InChI is InChI=1S/C20H17FN2O/c1-23(14-15-7-3-2-4-8-15)20(24)17-11-16(12-22-13-17)18-9-5-6-10-19(18)21/h2-13H,14H2,1H3. The summed E-state index contributed by atoms with van der Waals surface area (Å²) in [6, 6.07) is 17.9. The fourth-order valence-electron chi connectivity index (χ4n) is 2.55. The lowest BCUT2D eigenvalue weighted by atomic mass is 10.0. The molecule has 3 aromatic rings. The van der Waals surface area contributed by atoms with Crippen LogP contribution in [0.3, 0.4) is 0 Å². The topological polar surface area (TPSA) is 33.2 Å². The number of hydrogen-bond donors (Lipinski definition) is 0. The Bertz CT molecular complexity index is 849. The number of benzene rings is 2. The number of halogens is 1. The van der Waals surface area contributed by atoms with Crippen LogP contribution < -0.4 is 0 Å². The third-order valence-corrected chi connectivity index (χ3v) is 3.78. The van der Waals surface area contributed by atoms with E-state index in [1.807, 2.05) is 30.3 Å². The summed E-state index contributed by atoms with van der Waals surface area (Å²) in [5, 5.41) is 0. The molecule has 0 radical (unpaired) electrons. The van der Waals surface area contributed by atoms with Crippen LogP contribution in [0.15, 0.2) is 73.1 Å². The van der Waals surface area contributed by atoms with Gasteiger partial charge in [-0.2, -0.15) is 0 Å². The van der Waals surface area contributed by atoms with Crippen LogP contribution in [0, 0.1) is 5.82 Å². The van der Waals surface area contributed by atoms with Gasteiger partial charge < -0.3 is 4.90 Å². The zero-order chi connectivity index (χ0) is 16.9. The van der Waals surface area contributed by atoms with E-state index in [1.165, 1.54) is 12.3 Å². The van der Waals surface area contributed by atoms with Gasteiger partial charge in [-0.15, -0.1) is 0 Å². The van der Waals surface area contributed by atoms with Crippen molar-refractivity contribution in [2.45, 2.75) is 6.54 Å². The van der Waals surface area contributed by atoms with Gasteiger partial charge >= 0.3 is 0 Å². The van der Waals surface area contributed by atoms with Crippen molar-refractivity contribution in [1.29, 1.82) is 0 Å². The van der Waals surface area contributed by atoms with Crippen LogP contribution in [-0.2, 0) is 6.54 Å². The Hall–Kier alpha value is -3.01. The maximum Gasteiger partial charge on any atom is 0.255 e. The molecule has 1 heterocycles. The second kappa shape index (κ2) is 7.04. The molecule has 0 aliphatic heterocycles. The Labute approximate surface area is 140 Å². The van der Waals surface area contributed by atoms with Crippen molar-refractivity contribution in [3.63, 3.8) is 0 Å². The SMILES string of the molecule is CN(Cc1ccccc1)C(=O)c1cncc(-c2ccccc2F)c1. The maximum absolute atomic E-state index is 13.9. The van der Waals surface area contributed by atoms with Crippen LogP contribution in [0.4, 0.5) is 4.39 Å². The highest BCUT2D eigenvalue weighted by atomic mass is 19.1. The highest BCUT2D eigenvalue weighted by Gasteiger charge is 2.14. The second-order valence-corrected chi connectivity index (χ2v) is 5.59. The van der Waals surface area contributed by atoms with Crippen LogP contribution in [0.25, 0.3) is 11.1 Å². The number of amides is 1. The van der Waals surface area contributed by atoms with Gasteiger partial charge in [-0.25, -0.2) is 4.39 Å². The minimum Gasteiger partial charge on any atom is -0.337 e. The van der Waals surface area contributed by atoms with E-state index in [4.69, 9.17) is 0 Å². The number of carbonyl (C=O) groups is 1. The van der Waals surface area contributed by atoms with Crippen LogP contribution in [0.2, 0.25) is 0 Å². The highest BCUT2D eigenvalue weighted by Crippen LogP contribution is 2.23. The van der Waals surface area contributed by atoms with E-state index in [0.29, 0.717) is 23.2 Å². The van der Waals surface area contributed by atoms with E-state index >= 15 is 0 Å². The molecule has 24 heavy (non-hydrogen) atoms. The van der Waals surface area contributed by atoms with Gasteiger partial charge in [-0.1, -0.05) is 48.5 Å². The quantitative estimate of drug-likeness (QED) is 0.723. The summed E-state index contributed by atoms with van der Waals surface area (Å²) in [5.74, 6) is -0.480. The number of pyridine rings is 1. The van der Waals surface area contributed by atoms with E-state index in [-0.39, 0.29) is 11.7 Å². The second-order valence-electron chi connectivity index (χ2n) is 5.59. The van der Waals surface area contributed by atoms with Gasteiger partial charge in [-0.05, 0) is 17.7 Å². The summed E-state index contributed by atoms with van der Waals surface area (Å²) in [5.41, 5.74) is 2.51. The van der Waals surface area contributed by atoms with Gasteiger partial charge in [0, 0.05) is 37.1 Å². The number of aromatic nitrogens is 1. The minimum atomic E-state index is -0.332. The van der Waals surface area contributed by atoms with Crippen molar-refractivity contribution >= 4 is 5.91 Å². The summed E-state index contributed by atoms with van der Waals surface area (Å²) in [6.45, 7) is 0.504. The summed E-state index contributed by atoms with van der Waals surface area (Å²) in [4.78, 5) is 18.3. The lowest BCUT2D eigenvalue weighted by Gasteiger charge is -2.17. The van der Waals surface area contributed by atoms with E-state index in [0.717, 1.165) is 5.56 Å². The number of rotatable bonds is 4. The smallest absolute Gasteiger partial charge is 0.255 e. The molecule has 120 valence electrons. The van der Waals surface area contributed by atoms with Gasteiger partial charge in [0.2, 0.25) is 0 Å². The van der Waals surface area contributed by atoms with Crippen molar-refractivity contribution in [3.8, 4) is 11.1 Å². The third kappa shape index (κ3) is 3.49. The van der Waals surface area contributed by atoms with E-state index in [2.05, 4.69) is 4.98 Å². The number of hydrogen-bond acceptors (Lipinski definition) is 2. The summed E-state index contributed by atoms with van der Waals surface area (Å²) in [7, 11) is 1.74. The van der Waals surface area contributed by atoms with Crippen LogP contribution in [-0.4, -0.2) is 22.8 Å². The predicted molar refractivity (Wildman–Crippen MR) is 91.9 cm³/mol. The van der Waals surface area contributed by atoms with Gasteiger partial charge in [0.25, 0.3) is 5.91 Å². The van der Waals surface area contributed by atoms with Crippen molar-refractivity contribution in [2.24, 2.45) is 0 Å². The van der Waals surface area contributed by atoms with Crippen LogP contribution >= 0.6 is 0 Å². The molecule has 4 heteroatoms. The van der Waals surface area contributed by atoms with Gasteiger partial charge in [0.05, 0.1) is 5.56 Å². The third-order valence-electron chi connectivity index (χ3n) is 3.78. The first-order valence-electron chi connectivity index (χ1n) is 7.64. The van der Waals surface area contributed by atoms with Crippen molar-refractivity contribution in [2.75, 3.05) is 7.05 Å². The minimum absolute atomic E-state index is 0.149. The van der Waals surface area contributed by atoms with Gasteiger partial charge in [-0.3, -0.25) is 9.78 Å². The molecule has 1 amide bonds. The van der Waals surface area contributed by atoms with Gasteiger partial charge in [0.15, 0.2) is 0 Å². The first kappa shape index (κ1) is 15.9. The van der Waals surface area contributed by atoms with Crippen molar-refractivity contribution in [3.05, 3.63) is 90.0 Å². The van der Waals surface area contributed by atoms with Crippen LogP contribution in [0.1, 0.15) is 15.9 Å². The fraction of sp³-hybridized carbons (Fsp3) is 0.100. The number of nitrogens with zero attached hydrogens (tertiary/aromatic N) is 2. The van der Waals surface area contributed by atoms with Crippen molar-refractivity contribution in [1.82, 2.24) is 9.88 Å². The monoisotopic (exact) mass is 320 g/mol. The average molecular weight is 320 g/mol. The fourth-order valence-corrected chi connectivity index (χ4v) is 2.55. The Morgan fingerprint density at radius 3 is 2.50 bits per heavy atom. The molecule has 0 aliphatic rings. The van der Waals surface area contributed by atoms with E-state index in [9.17, 15) is 9.18 Å². The Balaban J connectivity index is 1.83. The molecule has 3 nitrogen and oxygen atoms in total. The lowest BCUT2D eigenvalue weighted by Crippen LogP contribution is -2.26. The summed E-state index contributed by atoms with van der Waals surface area (Å²) >= 11 is 0. The number of carbonyl (C=O) groups excluding carboxylic acids is 1. The molecule has 0 bridgehead atoms. The lowest BCUT2D eigenvalue weighted by molar-refractivity contribution is 0.0784. The first-order chi connectivity index (χ1) is 11.6. The first-order valence-corrected chi connectivity index (χ1v) is 7.64. The van der Waals surface area contributed by atoms with E-state index < -0.39 is 0 Å². The normalized spacial score (nSPS) is 10.4. The van der Waals surface area contributed by atoms with Crippen LogP contribution in [0.5, 0.6) is 0 Å². The van der Waals surface area contributed by atoms with Crippen molar-refractivity contribution < 1.29 is 9.18 Å². The Morgan fingerprint density at radius 1 is 1.04 bits per heavy atom. The van der Waals surface area contributed by atoms with E-state index in [1.54, 1.807) is 42.4 Å². The molecule has 0 aliphatic carbocycles. The molecule has 0 unspecified atom stereocenters. The van der Waals surface area contributed by atoms with Gasteiger partial charge in [0.1, 0.15) is 5.82 Å². The molecule has 0 spiro atoms. The summed E-state index contributed by atoms with van der Waals surface area (Å²) < 4.78 is 13.9. The molecule has 0 saturated heterocycles. The molecule has 0 N–H and O–H groups in total. The average Bonchev–Trinajstić information content (AvgIpc) is 2.62. The molecule has 3 rings (SSSR count). The molecule has 2 aromatic carbocycles. The molecular weight excluding hydrogens is 303 g/mol. The Morgan fingerprint density at radius 2 is 1.75 bits per heavy atom.